The Morgan fingerprint density at radius 2 is 2.04 bits per heavy atom. The molecule has 0 bridgehead atoms. The molecule has 1 N–H and O–H groups in total. The molecule has 2 aromatic rings. The van der Waals surface area contributed by atoms with Crippen molar-refractivity contribution >= 4 is 23.2 Å². The zero-order chi connectivity index (χ0) is 17.1. The molecular formula is C19H20ClFN2O. The standard InChI is InChI=1S/C19H20ClFN2O/c1-13-4-2-5-14(10-13)22-19(24)12-23(15-8-9-15)11-16-17(20)6-3-7-18(16)21/h2-7,10,15H,8-9,11-12H2,1H3,(H,22,24). The molecule has 3 nitrogen and oxygen atoms in total. The average Bonchev–Trinajstić information content (AvgIpc) is 3.34. The third-order valence-corrected chi connectivity index (χ3v) is 4.49. The maximum Gasteiger partial charge on any atom is 0.238 e. The monoisotopic (exact) mass is 346 g/mol. The number of nitrogens with zero attached hydrogens (tertiary/aromatic N) is 1. The highest BCUT2D eigenvalue weighted by molar-refractivity contribution is 6.31. The van der Waals surface area contributed by atoms with Gasteiger partial charge in [0.1, 0.15) is 5.82 Å². The quantitative estimate of drug-likeness (QED) is 0.841. The second kappa shape index (κ2) is 7.32. The van der Waals surface area contributed by atoms with Crippen molar-refractivity contribution in [2.75, 3.05) is 11.9 Å². The highest BCUT2D eigenvalue weighted by Gasteiger charge is 2.31. The van der Waals surface area contributed by atoms with E-state index in [-0.39, 0.29) is 18.3 Å². The summed E-state index contributed by atoms with van der Waals surface area (Å²) in [5.74, 6) is -0.424. The predicted octanol–water partition coefficient (Wildman–Crippen LogP) is 4.39. The van der Waals surface area contributed by atoms with Gasteiger partial charge in [0.15, 0.2) is 0 Å². The van der Waals surface area contributed by atoms with Gasteiger partial charge in [0.05, 0.1) is 6.54 Å². The maximum atomic E-state index is 14.0. The zero-order valence-electron chi connectivity index (χ0n) is 13.6. The normalized spacial score (nSPS) is 14.0. The van der Waals surface area contributed by atoms with E-state index in [0.717, 1.165) is 24.1 Å². The lowest BCUT2D eigenvalue weighted by Gasteiger charge is -2.22. The van der Waals surface area contributed by atoms with Gasteiger partial charge in [-0.1, -0.05) is 29.8 Å². The molecule has 0 aromatic heterocycles. The van der Waals surface area contributed by atoms with Crippen LogP contribution < -0.4 is 5.32 Å². The Hall–Kier alpha value is -1.91. The van der Waals surface area contributed by atoms with Crippen molar-refractivity contribution in [3.63, 3.8) is 0 Å². The van der Waals surface area contributed by atoms with E-state index in [0.29, 0.717) is 23.2 Å². The SMILES string of the molecule is Cc1cccc(NC(=O)CN(Cc2c(F)cccc2Cl)C2CC2)c1. The molecule has 0 heterocycles. The summed E-state index contributed by atoms with van der Waals surface area (Å²) in [4.78, 5) is 14.3. The molecule has 1 saturated carbocycles. The molecule has 126 valence electrons. The number of anilines is 1. The first-order valence-corrected chi connectivity index (χ1v) is 8.44. The Labute approximate surface area is 146 Å². The van der Waals surface area contributed by atoms with E-state index in [1.807, 2.05) is 36.1 Å². The van der Waals surface area contributed by atoms with Crippen LogP contribution in [-0.4, -0.2) is 23.4 Å². The number of halogens is 2. The van der Waals surface area contributed by atoms with Gasteiger partial charge in [-0.2, -0.15) is 0 Å². The van der Waals surface area contributed by atoms with Crippen molar-refractivity contribution in [2.24, 2.45) is 0 Å². The molecule has 5 heteroatoms. The van der Waals surface area contributed by atoms with Crippen molar-refractivity contribution in [2.45, 2.75) is 32.4 Å². The fourth-order valence-corrected chi connectivity index (χ4v) is 2.97. The summed E-state index contributed by atoms with van der Waals surface area (Å²) in [7, 11) is 0. The summed E-state index contributed by atoms with van der Waals surface area (Å²) in [5.41, 5.74) is 2.32. The Bertz CT molecular complexity index is 726. The molecule has 0 saturated heterocycles. The molecule has 2 aromatic carbocycles. The molecular weight excluding hydrogens is 327 g/mol. The Morgan fingerprint density at radius 1 is 1.29 bits per heavy atom. The Balaban J connectivity index is 1.67. The fourth-order valence-electron chi connectivity index (χ4n) is 2.75. The second-order valence-electron chi connectivity index (χ2n) is 6.25. The lowest BCUT2D eigenvalue weighted by molar-refractivity contribution is -0.117. The van der Waals surface area contributed by atoms with Crippen LogP contribution in [0.15, 0.2) is 42.5 Å². The van der Waals surface area contributed by atoms with E-state index >= 15 is 0 Å². The smallest absolute Gasteiger partial charge is 0.238 e. The molecule has 0 radical (unpaired) electrons. The average molecular weight is 347 g/mol. The third kappa shape index (κ3) is 4.34. The summed E-state index contributed by atoms with van der Waals surface area (Å²) in [6.07, 6.45) is 2.06. The van der Waals surface area contributed by atoms with Gasteiger partial charge in [0.2, 0.25) is 5.91 Å². The van der Waals surface area contributed by atoms with Crippen LogP contribution in [-0.2, 0) is 11.3 Å². The number of hydrogen-bond acceptors (Lipinski definition) is 2. The van der Waals surface area contributed by atoms with E-state index in [2.05, 4.69) is 5.32 Å². The molecule has 0 atom stereocenters. The summed E-state index contributed by atoms with van der Waals surface area (Å²) < 4.78 is 14.0. The molecule has 0 spiro atoms. The van der Waals surface area contributed by atoms with E-state index in [1.54, 1.807) is 12.1 Å². The highest BCUT2D eigenvalue weighted by atomic mass is 35.5. The molecule has 0 aliphatic heterocycles. The molecule has 1 amide bonds. The summed E-state index contributed by atoms with van der Waals surface area (Å²) in [5, 5.41) is 3.31. The predicted molar refractivity (Wildman–Crippen MR) is 94.7 cm³/mol. The number of rotatable bonds is 6. The number of benzene rings is 2. The molecule has 1 aliphatic carbocycles. The first kappa shape index (κ1) is 16.9. The van der Waals surface area contributed by atoms with Crippen molar-refractivity contribution in [1.82, 2.24) is 4.90 Å². The van der Waals surface area contributed by atoms with Crippen molar-refractivity contribution in [1.29, 1.82) is 0 Å². The van der Waals surface area contributed by atoms with E-state index in [4.69, 9.17) is 11.6 Å². The van der Waals surface area contributed by atoms with Crippen molar-refractivity contribution in [3.05, 3.63) is 64.4 Å². The zero-order valence-corrected chi connectivity index (χ0v) is 14.3. The van der Waals surface area contributed by atoms with Gasteiger partial charge in [-0.15, -0.1) is 0 Å². The van der Waals surface area contributed by atoms with Crippen LogP contribution in [0.3, 0.4) is 0 Å². The van der Waals surface area contributed by atoms with Crippen LogP contribution in [0.5, 0.6) is 0 Å². The third-order valence-electron chi connectivity index (χ3n) is 4.13. The van der Waals surface area contributed by atoms with Gasteiger partial charge < -0.3 is 5.32 Å². The number of carbonyl (C=O) groups is 1. The first-order chi connectivity index (χ1) is 11.5. The van der Waals surface area contributed by atoms with Crippen LogP contribution in [0.1, 0.15) is 24.0 Å². The van der Waals surface area contributed by atoms with Gasteiger partial charge in [-0.05, 0) is 49.6 Å². The van der Waals surface area contributed by atoms with E-state index in [9.17, 15) is 9.18 Å². The fraction of sp³-hybridized carbons (Fsp3) is 0.316. The Morgan fingerprint density at radius 3 is 2.71 bits per heavy atom. The molecule has 3 rings (SSSR count). The lowest BCUT2D eigenvalue weighted by atomic mass is 10.2. The number of aryl methyl sites for hydroxylation is 1. The lowest BCUT2D eigenvalue weighted by Crippen LogP contribution is -2.34. The minimum Gasteiger partial charge on any atom is -0.325 e. The first-order valence-electron chi connectivity index (χ1n) is 8.06. The summed E-state index contributed by atoms with van der Waals surface area (Å²) in [6.45, 7) is 2.55. The minimum absolute atomic E-state index is 0.0973. The van der Waals surface area contributed by atoms with Crippen LogP contribution in [0.2, 0.25) is 5.02 Å². The number of carbonyl (C=O) groups excluding carboxylic acids is 1. The summed E-state index contributed by atoms with van der Waals surface area (Å²) in [6, 6.07) is 12.7. The van der Waals surface area contributed by atoms with E-state index < -0.39 is 0 Å². The Kier molecular flexibility index (Phi) is 5.17. The van der Waals surface area contributed by atoms with Crippen LogP contribution in [0.4, 0.5) is 10.1 Å². The van der Waals surface area contributed by atoms with Gasteiger partial charge in [0.25, 0.3) is 0 Å². The topological polar surface area (TPSA) is 32.3 Å². The van der Waals surface area contributed by atoms with Crippen LogP contribution in [0, 0.1) is 12.7 Å². The van der Waals surface area contributed by atoms with Gasteiger partial charge in [0, 0.05) is 28.9 Å². The van der Waals surface area contributed by atoms with Crippen LogP contribution in [0.25, 0.3) is 0 Å². The number of amides is 1. The number of hydrogen-bond donors (Lipinski definition) is 1. The van der Waals surface area contributed by atoms with Gasteiger partial charge >= 0.3 is 0 Å². The largest absolute Gasteiger partial charge is 0.325 e. The molecule has 1 fully saturated rings. The molecule has 0 unspecified atom stereocenters. The maximum absolute atomic E-state index is 14.0. The summed E-state index contributed by atoms with van der Waals surface area (Å²) >= 11 is 6.12. The van der Waals surface area contributed by atoms with Gasteiger partial charge in [-0.3, -0.25) is 9.69 Å². The second-order valence-corrected chi connectivity index (χ2v) is 6.66. The molecule has 24 heavy (non-hydrogen) atoms. The highest BCUT2D eigenvalue weighted by Crippen LogP contribution is 2.30. The van der Waals surface area contributed by atoms with Crippen molar-refractivity contribution < 1.29 is 9.18 Å². The minimum atomic E-state index is -0.327. The van der Waals surface area contributed by atoms with Crippen molar-refractivity contribution in [3.8, 4) is 0 Å². The number of nitrogens with one attached hydrogen (secondary N) is 1. The molecule has 1 aliphatic rings. The van der Waals surface area contributed by atoms with Crippen LogP contribution >= 0.6 is 11.6 Å². The van der Waals surface area contributed by atoms with E-state index in [1.165, 1.54) is 6.07 Å². The van der Waals surface area contributed by atoms with Gasteiger partial charge in [-0.25, -0.2) is 4.39 Å².